The van der Waals surface area contributed by atoms with Crippen molar-refractivity contribution in [3.8, 4) is 33.4 Å². The number of fused-ring (bicyclic) bond motifs is 6. The van der Waals surface area contributed by atoms with E-state index in [2.05, 4.69) is 208 Å². The Hall–Kier alpha value is -6.76. The summed E-state index contributed by atoms with van der Waals surface area (Å²) in [6.07, 6.45) is 17.9. The third kappa shape index (κ3) is 5.61. The van der Waals surface area contributed by atoms with E-state index in [1.54, 1.807) is 0 Å². The van der Waals surface area contributed by atoms with E-state index in [0.717, 1.165) is 12.8 Å². The normalized spacial score (nSPS) is 13.1. The predicted molar refractivity (Wildman–Crippen MR) is 245 cm³/mol. The van der Waals surface area contributed by atoms with Gasteiger partial charge in [0.05, 0.1) is 0 Å². The second-order valence-corrected chi connectivity index (χ2v) is 14.9. The van der Waals surface area contributed by atoms with Gasteiger partial charge in [0.1, 0.15) is 0 Å². The van der Waals surface area contributed by atoms with Crippen molar-refractivity contribution in [1.29, 1.82) is 0 Å². The number of hydrogen-bond donors (Lipinski definition) is 0. The zero-order chi connectivity index (χ0) is 37.6. The van der Waals surface area contributed by atoms with Gasteiger partial charge in [0.15, 0.2) is 0 Å². The molecule has 266 valence electrons. The van der Waals surface area contributed by atoms with Crippen LogP contribution in [0.1, 0.15) is 32.3 Å². The average molecular weight is 715 g/mol. The van der Waals surface area contributed by atoms with Crippen molar-refractivity contribution in [1.82, 2.24) is 0 Å². The lowest BCUT2D eigenvalue weighted by Crippen LogP contribution is -2.29. The van der Waals surface area contributed by atoms with Crippen molar-refractivity contribution in [2.24, 2.45) is 0 Å². The smallest absolute Gasteiger partial charge is 0.00261 e. The standard InChI is InChI=1S/C56H42/c1-3-16-39(17-4-2)53-45-24-12-14-26-48(45)55(49-27-15-13-25-46(49)53)44-32-33-51-52(36-44)56(43-31-29-38-19-9-11-21-41(38)35-43)50-23-7-5-6-22-47(50)54(51)42-30-28-37-18-8-10-20-40(37)34-42/h3,5-6,8-36H,4,7H2,1-2H3/b16-3-,39-17+. The maximum absolute atomic E-state index is 2.50. The maximum atomic E-state index is 2.50. The molecule has 10 rings (SSSR count). The van der Waals surface area contributed by atoms with Gasteiger partial charge in [-0.3, -0.25) is 0 Å². The summed E-state index contributed by atoms with van der Waals surface area (Å²) < 4.78 is 0. The summed E-state index contributed by atoms with van der Waals surface area (Å²) in [6, 6.07) is 56.7. The van der Waals surface area contributed by atoms with Crippen LogP contribution in [0.25, 0.3) is 105 Å². The molecular formula is C56H42. The van der Waals surface area contributed by atoms with E-state index >= 15 is 0 Å². The van der Waals surface area contributed by atoms with E-state index in [-0.39, 0.29) is 0 Å². The Morgan fingerprint density at radius 3 is 1.62 bits per heavy atom. The third-order valence-corrected chi connectivity index (χ3v) is 11.6. The molecule has 1 aliphatic carbocycles. The van der Waals surface area contributed by atoms with Crippen LogP contribution >= 0.6 is 0 Å². The van der Waals surface area contributed by atoms with Gasteiger partial charge in [0, 0.05) is 0 Å². The molecule has 0 saturated heterocycles. The molecular weight excluding hydrogens is 673 g/mol. The number of benzene rings is 9. The molecule has 0 atom stereocenters. The molecule has 56 heavy (non-hydrogen) atoms. The van der Waals surface area contributed by atoms with Crippen LogP contribution in [0, 0.1) is 0 Å². The fourth-order valence-corrected chi connectivity index (χ4v) is 9.21. The molecule has 0 aliphatic heterocycles. The highest BCUT2D eigenvalue weighted by Crippen LogP contribution is 2.44. The van der Waals surface area contributed by atoms with Crippen molar-refractivity contribution >= 4 is 71.6 Å². The molecule has 0 heteroatoms. The van der Waals surface area contributed by atoms with E-state index in [4.69, 9.17) is 0 Å². The highest BCUT2D eigenvalue weighted by molar-refractivity contribution is 6.20. The number of allylic oxidation sites excluding steroid dienone is 6. The molecule has 0 amide bonds. The summed E-state index contributed by atoms with van der Waals surface area (Å²) in [5.41, 5.74) is 10.1. The first-order chi connectivity index (χ1) is 27.7. The first kappa shape index (κ1) is 33.8. The van der Waals surface area contributed by atoms with Crippen LogP contribution in [0.2, 0.25) is 0 Å². The van der Waals surface area contributed by atoms with Crippen molar-refractivity contribution in [2.75, 3.05) is 0 Å². The molecule has 0 aromatic heterocycles. The fourth-order valence-electron chi connectivity index (χ4n) is 9.21. The van der Waals surface area contributed by atoms with Crippen molar-refractivity contribution in [3.05, 3.63) is 198 Å². The molecule has 1 aliphatic rings. The lowest BCUT2D eigenvalue weighted by molar-refractivity contribution is 1.23. The summed E-state index contributed by atoms with van der Waals surface area (Å²) in [4.78, 5) is 0. The SMILES string of the molecule is C/C=C\C(=C/CC)c1c2ccccc2c(-c2ccc3c(-c4ccc5ccccc5c4)c4c(c(-c5ccc6ccccc6c5)c3c2)=CCC=CC=4)c2ccccc12. The van der Waals surface area contributed by atoms with Gasteiger partial charge < -0.3 is 0 Å². The molecule has 0 unspecified atom stereocenters. The van der Waals surface area contributed by atoms with Crippen LogP contribution in [0.15, 0.2) is 182 Å². The molecule has 0 N–H and O–H groups in total. The van der Waals surface area contributed by atoms with Crippen molar-refractivity contribution in [3.63, 3.8) is 0 Å². The zero-order valence-corrected chi connectivity index (χ0v) is 31.9. The molecule has 0 nitrogen and oxygen atoms in total. The minimum absolute atomic E-state index is 0.878. The van der Waals surface area contributed by atoms with Crippen LogP contribution in [-0.4, -0.2) is 0 Å². The minimum Gasteiger partial charge on any atom is -0.0871 e. The second-order valence-electron chi connectivity index (χ2n) is 14.9. The quantitative estimate of drug-likeness (QED) is 0.119. The van der Waals surface area contributed by atoms with E-state index in [9.17, 15) is 0 Å². The molecule has 0 saturated carbocycles. The molecule has 0 fully saturated rings. The average Bonchev–Trinajstić information content (AvgIpc) is 3.50. The van der Waals surface area contributed by atoms with Gasteiger partial charge in [-0.25, -0.2) is 0 Å². The number of rotatable bonds is 6. The molecule has 0 spiro atoms. The van der Waals surface area contributed by atoms with Crippen LogP contribution in [0.5, 0.6) is 0 Å². The molecule has 9 aromatic rings. The zero-order valence-electron chi connectivity index (χ0n) is 31.9. The van der Waals surface area contributed by atoms with Crippen LogP contribution in [0.4, 0.5) is 0 Å². The van der Waals surface area contributed by atoms with E-state index < -0.39 is 0 Å². The van der Waals surface area contributed by atoms with Crippen LogP contribution < -0.4 is 10.4 Å². The summed E-state index contributed by atoms with van der Waals surface area (Å²) in [5.74, 6) is 0. The molecule has 0 heterocycles. The Labute approximate surface area is 328 Å². The Bertz CT molecular complexity index is 3200. The van der Waals surface area contributed by atoms with Gasteiger partial charge in [-0.1, -0.05) is 183 Å². The van der Waals surface area contributed by atoms with Gasteiger partial charge in [-0.2, -0.15) is 0 Å². The second kappa shape index (κ2) is 14.1. The Balaban J connectivity index is 1.36. The summed E-state index contributed by atoms with van der Waals surface area (Å²) in [5, 5.41) is 15.2. The van der Waals surface area contributed by atoms with Gasteiger partial charge in [0.25, 0.3) is 0 Å². The van der Waals surface area contributed by atoms with E-state index in [1.165, 1.54) is 109 Å². The monoisotopic (exact) mass is 714 g/mol. The first-order valence-electron chi connectivity index (χ1n) is 19.9. The first-order valence-corrected chi connectivity index (χ1v) is 19.9. The molecule has 0 radical (unpaired) electrons. The Morgan fingerprint density at radius 2 is 1.02 bits per heavy atom. The Morgan fingerprint density at radius 1 is 0.500 bits per heavy atom. The van der Waals surface area contributed by atoms with Gasteiger partial charge in [0.2, 0.25) is 0 Å². The fraction of sp³-hybridized carbons (Fsp3) is 0.0714. The largest absolute Gasteiger partial charge is 0.0871 e. The van der Waals surface area contributed by atoms with Gasteiger partial charge in [-0.05, 0) is 147 Å². The highest BCUT2D eigenvalue weighted by atomic mass is 14.2. The predicted octanol–water partition coefficient (Wildman–Crippen LogP) is 14.3. The highest BCUT2D eigenvalue weighted by Gasteiger charge is 2.20. The topological polar surface area (TPSA) is 0 Å². The summed E-state index contributed by atoms with van der Waals surface area (Å²) in [6.45, 7) is 4.34. The Kier molecular flexibility index (Phi) is 8.53. The van der Waals surface area contributed by atoms with Gasteiger partial charge >= 0.3 is 0 Å². The van der Waals surface area contributed by atoms with Crippen molar-refractivity contribution in [2.45, 2.75) is 26.7 Å². The summed E-state index contributed by atoms with van der Waals surface area (Å²) >= 11 is 0. The van der Waals surface area contributed by atoms with E-state index in [1.807, 2.05) is 0 Å². The maximum Gasteiger partial charge on any atom is -0.00261 e. The van der Waals surface area contributed by atoms with Crippen molar-refractivity contribution < 1.29 is 0 Å². The minimum atomic E-state index is 0.878. The number of hydrogen-bond acceptors (Lipinski definition) is 0. The lowest BCUT2D eigenvalue weighted by atomic mass is 9.83. The lowest BCUT2D eigenvalue weighted by Gasteiger charge is -2.20. The third-order valence-electron chi connectivity index (χ3n) is 11.6. The molecule has 9 aromatic carbocycles. The van der Waals surface area contributed by atoms with Gasteiger partial charge in [-0.15, -0.1) is 0 Å². The van der Waals surface area contributed by atoms with Crippen LogP contribution in [-0.2, 0) is 0 Å². The molecule has 0 bridgehead atoms. The van der Waals surface area contributed by atoms with E-state index in [0.29, 0.717) is 0 Å². The summed E-state index contributed by atoms with van der Waals surface area (Å²) in [7, 11) is 0. The van der Waals surface area contributed by atoms with Crippen LogP contribution in [0.3, 0.4) is 0 Å².